The number of anilines is 1. The first kappa shape index (κ1) is 10.8. The maximum absolute atomic E-state index is 11.7. The van der Waals surface area contributed by atoms with Crippen LogP contribution in [0.25, 0.3) is 11.1 Å². The Hall–Kier alpha value is -2.36. The summed E-state index contributed by atoms with van der Waals surface area (Å²) >= 11 is 0. The normalized spacial score (nSPS) is 13.9. The SMILES string of the molecule is Nc1ncccc1-c1ccc2c(c1)CCNC2=O. The maximum Gasteiger partial charge on any atom is 0.251 e. The van der Waals surface area contributed by atoms with E-state index in [0.29, 0.717) is 12.4 Å². The van der Waals surface area contributed by atoms with Crippen molar-refractivity contribution in [2.75, 3.05) is 12.3 Å². The van der Waals surface area contributed by atoms with Gasteiger partial charge < -0.3 is 11.1 Å². The zero-order chi connectivity index (χ0) is 12.5. The Labute approximate surface area is 105 Å². The molecule has 1 aromatic heterocycles. The van der Waals surface area contributed by atoms with Gasteiger partial charge in [-0.1, -0.05) is 12.1 Å². The summed E-state index contributed by atoms with van der Waals surface area (Å²) in [6.45, 7) is 0.692. The topological polar surface area (TPSA) is 68.0 Å². The molecule has 3 N–H and O–H groups in total. The molecule has 2 aromatic rings. The number of carbonyl (C=O) groups excluding carboxylic acids is 1. The predicted octanol–water partition coefficient (Wildman–Crippen LogP) is 1.62. The quantitative estimate of drug-likeness (QED) is 0.794. The fourth-order valence-electron chi connectivity index (χ4n) is 2.26. The highest BCUT2D eigenvalue weighted by Gasteiger charge is 2.17. The lowest BCUT2D eigenvalue weighted by Gasteiger charge is -2.17. The molecule has 1 amide bonds. The van der Waals surface area contributed by atoms with Crippen molar-refractivity contribution in [1.82, 2.24) is 10.3 Å². The lowest BCUT2D eigenvalue weighted by molar-refractivity contribution is 0.0946. The first-order chi connectivity index (χ1) is 8.75. The summed E-state index contributed by atoms with van der Waals surface area (Å²) in [7, 11) is 0. The van der Waals surface area contributed by atoms with Gasteiger partial charge in [-0.05, 0) is 35.7 Å². The van der Waals surface area contributed by atoms with Crippen molar-refractivity contribution in [2.24, 2.45) is 0 Å². The van der Waals surface area contributed by atoms with E-state index in [9.17, 15) is 4.79 Å². The summed E-state index contributed by atoms with van der Waals surface area (Å²) < 4.78 is 0. The third kappa shape index (κ3) is 1.72. The molecule has 0 saturated carbocycles. The largest absolute Gasteiger partial charge is 0.383 e. The second-order valence-electron chi connectivity index (χ2n) is 4.31. The molecule has 4 heteroatoms. The summed E-state index contributed by atoms with van der Waals surface area (Å²) in [5.74, 6) is 0.514. The van der Waals surface area contributed by atoms with Gasteiger partial charge >= 0.3 is 0 Å². The first-order valence-corrected chi connectivity index (χ1v) is 5.88. The summed E-state index contributed by atoms with van der Waals surface area (Å²) in [6, 6.07) is 9.59. The lowest BCUT2D eigenvalue weighted by Crippen LogP contribution is -2.31. The Balaban J connectivity index is 2.10. The van der Waals surface area contributed by atoms with Crippen LogP contribution in [-0.2, 0) is 6.42 Å². The van der Waals surface area contributed by atoms with Gasteiger partial charge in [-0.15, -0.1) is 0 Å². The van der Waals surface area contributed by atoms with Crippen LogP contribution in [0.2, 0.25) is 0 Å². The number of hydrogen-bond acceptors (Lipinski definition) is 3. The van der Waals surface area contributed by atoms with E-state index in [-0.39, 0.29) is 5.91 Å². The van der Waals surface area contributed by atoms with E-state index in [1.165, 1.54) is 0 Å². The molecule has 1 aliphatic rings. The fraction of sp³-hybridized carbons (Fsp3) is 0.143. The Morgan fingerprint density at radius 1 is 1.22 bits per heavy atom. The molecule has 0 aliphatic carbocycles. The van der Waals surface area contributed by atoms with Gasteiger partial charge in [-0.2, -0.15) is 0 Å². The molecule has 1 aromatic carbocycles. The van der Waals surface area contributed by atoms with Gasteiger partial charge in [0.1, 0.15) is 5.82 Å². The van der Waals surface area contributed by atoms with Crippen LogP contribution in [0.4, 0.5) is 5.82 Å². The number of fused-ring (bicyclic) bond motifs is 1. The summed E-state index contributed by atoms with van der Waals surface area (Å²) in [6.07, 6.45) is 2.53. The fourth-order valence-corrected chi connectivity index (χ4v) is 2.26. The van der Waals surface area contributed by atoms with Crippen molar-refractivity contribution < 1.29 is 4.79 Å². The Morgan fingerprint density at radius 3 is 2.94 bits per heavy atom. The zero-order valence-electron chi connectivity index (χ0n) is 9.81. The number of nitrogen functional groups attached to an aromatic ring is 1. The van der Waals surface area contributed by atoms with Crippen LogP contribution in [0.15, 0.2) is 36.5 Å². The summed E-state index contributed by atoms with van der Waals surface area (Å²) in [4.78, 5) is 15.7. The summed E-state index contributed by atoms with van der Waals surface area (Å²) in [5.41, 5.74) is 9.61. The highest BCUT2D eigenvalue weighted by Crippen LogP contribution is 2.27. The van der Waals surface area contributed by atoms with Crippen molar-refractivity contribution in [1.29, 1.82) is 0 Å². The third-order valence-electron chi connectivity index (χ3n) is 3.18. The number of amides is 1. The number of benzene rings is 1. The van der Waals surface area contributed by atoms with Gasteiger partial charge in [-0.25, -0.2) is 4.98 Å². The molecule has 0 unspecified atom stereocenters. The second kappa shape index (κ2) is 4.14. The second-order valence-corrected chi connectivity index (χ2v) is 4.31. The molecule has 4 nitrogen and oxygen atoms in total. The minimum absolute atomic E-state index is 0.00181. The van der Waals surface area contributed by atoms with Crippen molar-refractivity contribution in [3.05, 3.63) is 47.7 Å². The van der Waals surface area contributed by atoms with Gasteiger partial charge in [-0.3, -0.25) is 4.79 Å². The van der Waals surface area contributed by atoms with Crippen molar-refractivity contribution in [3.63, 3.8) is 0 Å². The van der Waals surface area contributed by atoms with E-state index in [1.54, 1.807) is 6.20 Å². The molecule has 0 spiro atoms. The van der Waals surface area contributed by atoms with Gasteiger partial charge in [0.05, 0.1) is 0 Å². The number of hydrogen-bond donors (Lipinski definition) is 2. The van der Waals surface area contributed by atoms with Crippen LogP contribution in [0.1, 0.15) is 15.9 Å². The van der Waals surface area contributed by atoms with Crippen LogP contribution >= 0.6 is 0 Å². The molecule has 1 aliphatic heterocycles. The molecule has 90 valence electrons. The molecular weight excluding hydrogens is 226 g/mol. The van der Waals surface area contributed by atoms with E-state index in [2.05, 4.69) is 10.3 Å². The highest BCUT2D eigenvalue weighted by atomic mass is 16.1. The average Bonchev–Trinajstić information content (AvgIpc) is 2.39. The minimum atomic E-state index is 0.00181. The van der Waals surface area contributed by atoms with Crippen LogP contribution in [-0.4, -0.2) is 17.4 Å². The number of aromatic nitrogens is 1. The Morgan fingerprint density at radius 2 is 2.11 bits per heavy atom. The van der Waals surface area contributed by atoms with Crippen LogP contribution < -0.4 is 11.1 Å². The van der Waals surface area contributed by atoms with Crippen molar-refractivity contribution in [2.45, 2.75) is 6.42 Å². The van der Waals surface area contributed by atoms with Crippen LogP contribution in [0, 0.1) is 0 Å². The van der Waals surface area contributed by atoms with Crippen LogP contribution in [0.5, 0.6) is 0 Å². The van der Waals surface area contributed by atoms with E-state index in [4.69, 9.17) is 5.73 Å². The number of nitrogens with two attached hydrogens (primary N) is 1. The Bertz CT molecular complexity index is 622. The van der Waals surface area contributed by atoms with Gasteiger partial charge in [0.15, 0.2) is 0 Å². The van der Waals surface area contributed by atoms with Crippen molar-refractivity contribution in [3.8, 4) is 11.1 Å². The molecule has 2 heterocycles. The lowest BCUT2D eigenvalue weighted by atomic mass is 9.95. The smallest absolute Gasteiger partial charge is 0.251 e. The van der Waals surface area contributed by atoms with E-state index in [1.807, 2.05) is 30.3 Å². The number of nitrogens with one attached hydrogen (secondary N) is 1. The number of rotatable bonds is 1. The van der Waals surface area contributed by atoms with E-state index < -0.39 is 0 Å². The zero-order valence-corrected chi connectivity index (χ0v) is 9.81. The summed E-state index contributed by atoms with van der Waals surface area (Å²) in [5, 5.41) is 2.83. The molecule has 18 heavy (non-hydrogen) atoms. The Kier molecular flexibility index (Phi) is 2.48. The molecular formula is C14H13N3O. The predicted molar refractivity (Wildman–Crippen MR) is 70.1 cm³/mol. The molecule has 0 saturated heterocycles. The van der Waals surface area contributed by atoms with Gasteiger partial charge in [0, 0.05) is 23.9 Å². The number of carbonyl (C=O) groups is 1. The minimum Gasteiger partial charge on any atom is -0.383 e. The van der Waals surface area contributed by atoms with E-state index >= 15 is 0 Å². The third-order valence-corrected chi connectivity index (χ3v) is 3.18. The molecule has 3 rings (SSSR count). The van der Waals surface area contributed by atoms with Crippen molar-refractivity contribution >= 4 is 11.7 Å². The van der Waals surface area contributed by atoms with Crippen LogP contribution in [0.3, 0.4) is 0 Å². The molecule has 0 radical (unpaired) electrons. The average molecular weight is 239 g/mol. The first-order valence-electron chi connectivity index (χ1n) is 5.88. The van der Waals surface area contributed by atoms with Gasteiger partial charge in [0.2, 0.25) is 0 Å². The number of nitrogens with zero attached hydrogens (tertiary/aromatic N) is 1. The van der Waals surface area contributed by atoms with Gasteiger partial charge in [0.25, 0.3) is 5.91 Å². The van der Waals surface area contributed by atoms with E-state index in [0.717, 1.165) is 28.7 Å². The maximum atomic E-state index is 11.7. The monoisotopic (exact) mass is 239 g/mol. The highest BCUT2D eigenvalue weighted by molar-refractivity contribution is 5.97. The molecule has 0 atom stereocenters. The number of pyridine rings is 1. The molecule has 0 fully saturated rings. The standard InChI is InChI=1S/C14H13N3O/c15-13-11(2-1-6-16-13)9-3-4-12-10(8-9)5-7-17-14(12)18/h1-4,6,8H,5,7H2,(H2,15,16)(H,17,18). The molecule has 0 bridgehead atoms.